The van der Waals surface area contributed by atoms with E-state index in [0.717, 1.165) is 30.9 Å². The van der Waals surface area contributed by atoms with Gasteiger partial charge in [0.05, 0.1) is 18.3 Å². The van der Waals surface area contributed by atoms with Gasteiger partial charge in [0, 0.05) is 12.7 Å². The van der Waals surface area contributed by atoms with Crippen molar-refractivity contribution in [3.8, 4) is 0 Å². The maximum atomic E-state index is 12.1. The predicted octanol–water partition coefficient (Wildman–Crippen LogP) is 0.495. The van der Waals surface area contributed by atoms with E-state index in [1.165, 1.54) is 0 Å². The van der Waals surface area contributed by atoms with Crippen LogP contribution in [0.25, 0.3) is 0 Å². The minimum atomic E-state index is -0.0355. The Morgan fingerprint density at radius 1 is 1.59 bits per heavy atom. The molecule has 1 aromatic rings. The van der Waals surface area contributed by atoms with E-state index in [0.29, 0.717) is 6.54 Å². The van der Waals surface area contributed by atoms with E-state index in [-0.39, 0.29) is 11.9 Å². The zero-order valence-corrected chi connectivity index (χ0v) is 10.3. The Morgan fingerprint density at radius 2 is 2.41 bits per heavy atom. The van der Waals surface area contributed by atoms with Gasteiger partial charge in [0.2, 0.25) is 5.91 Å². The molecule has 0 aromatic carbocycles. The van der Waals surface area contributed by atoms with Gasteiger partial charge >= 0.3 is 0 Å². The highest BCUT2D eigenvalue weighted by Gasteiger charge is 2.27. The van der Waals surface area contributed by atoms with E-state index >= 15 is 0 Å². The van der Waals surface area contributed by atoms with Gasteiger partial charge in [-0.15, -0.1) is 0 Å². The summed E-state index contributed by atoms with van der Waals surface area (Å²) < 4.78 is 0. The molecule has 1 N–H and O–H groups in total. The van der Waals surface area contributed by atoms with Crippen LogP contribution in [0.4, 0.5) is 0 Å². The van der Waals surface area contributed by atoms with Crippen LogP contribution < -0.4 is 5.32 Å². The van der Waals surface area contributed by atoms with Gasteiger partial charge in [-0.2, -0.15) is 0 Å². The van der Waals surface area contributed by atoms with Crippen LogP contribution in [0.2, 0.25) is 0 Å². The number of aromatic nitrogens is 2. The molecule has 1 aromatic heterocycles. The maximum absolute atomic E-state index is 12.1. The molecule has 5 nitrogen and oxygen atoms in total. The lowest BCUT2D eigenvalue weighted by Crippen LogP contribution is -2.49. The molecule has 1 amide bonds. The van der Waals surface area contributed by atoms with Crippen molar-refractivity contribution < 1.29 is 4.79 Å². The summed E-state index contributed by atoms with van der Waals surface area (Å²) in [5.41, 5.74) is 0.905. The number of carbonyl (C=O) groups excluding carboxylic acids is 1. The quantitative estimate of drug-likeness (QED) is 0.827. The molecule has 1 atom stereocenters. The van der Waals surface area contributed by atoms with Crippen LogP contribution in [0, 0.1) is 6.92 Å². The molecule has 1 fully saturated rings. The van der Waals surface area contributed by atoms with Crippen molar-refractivity contribution in [3.63, 3.8) is 0 Å². The van der Waals surface area contributed by atoms with Crippen LogP contribution >= 0.6 is 0 Å². The normalized spacial score (nSPS) is 20.7. The number of hydrogen-bond acceptors (Lipinski definition) is 4. The molecule has 1 unspecified atom stereocenters. The number of nitrogens with one attached hydrogen (secondary N) is 1. The molecule has 0 bridgehead atoms. The summed E-state index contributed by atoms with van der Waals surface area (Å²) in [6, 6.07) is 1.83. The third kappa shape index (κ3) is 2.79. The molecular weight excluding hydrogens is 216 g/mol. The first-order valence-corrected chi connectivity index (χ1v) is 5.95. The number of rotatable bonds is 3. The number of amides is 1. The van der Waals surface area contributed by atoms with Crippen LogP contribution in [0.1, 0.15) is 24.4 Å². The van der Waals surface area contributed by atoms with Gasteiger partial charge in [0.25, 0.3) is 0 Å². The summed E-state index contributed by atoms with van der Waals surface area (Å²) in [4.78, 5) is 22.3. The van der Waals surface area contributed by atoms with Gasteiger partial charge in [-0.25, -0.2) is 9.97 Å². The average Bonchev–Trinajstić information content (AvgIpc) is 2.32. The van der Waals surface area contributed by atoms with Crippen LogP contribution in [-0.4, -0.2) is 40.4 Å². The van der Waals surface area contributed by atoms with Crippen molar-refractivity contribution in [1.82, 2.24) is 20.2 Å². The summed E-state index contributed by atoms with van der Waals surface area (Å²) in [6.07, 6.45) is 3.71. The molecule has 1 aliphatic rings. The summed E-state index contributed by atoms with van der Waals surface area (Å²) in [5.74, 6) is 0.923. The lowest BCUT2D eigenvalue weighted by atomic mass is 10.0. The first kappa shape index (κ1) is 12.0. The Balaban J connectivity index is 2.05. The van der Waals surface area contributed by atoms with E-state index in [1.54, 1.807) is 6.20 Å². The Kier molecular flexibility index (Phi) is 3.68. The first-order chi connectivity index (χ1) is 8.20. The first-order valence-electron chi connectivity index (χ1n) is 5.95. The number of carbonyl (C=O) groups is 1. The number of hydrogen-bond donors (Lipinski definition) is 1. The summed E-state index contributed by atoms with van der Waals surface area (Å²) in [5, 5.41) is 3.06. The molecule has 2 heterocycles. The van der Waals surface area contributed by atoms with Crippen molar-refractivity contribution >= 4 is 5.91 Å². The zero-order chi connectivity index (χ0) is 12.3. The highest BCUT2D eigenvalue weighted by atomic mass is 16.2. The third-order valence-electron chi connectivity index (χ3n) is 3.07. The monoisotopic (exact) mass is 234 g/mol. The highest BCUT2D eigenvalue weighted by molar-refractivity contribution is 5.82. The molecular formula is C12H18N4O. The minimum Gasteiger partial charge on any atom is -0.335 e. The smallest absolute Gasteiger partial charge is 0.240 e. The van der Waals surface area contributed by atoms with Gasteiger partial charge in [-0.1, -0.05) is 0 Å². The molecule has 1 aliphatic heterocycles. The standard InChI is InChI=1S/C12H18N4O/c1-9-14-6-5-10(15-9)8-16-7-3-4-11(13-2)12(16)17/h5-6,11,13H,3-4,7-8H2,1-2H3. The van der Waals surface area contributed by atoms with Gasteiger partial charge in [-0.3, -0.25) is 4.79 Å². The largest absolute Gasteiger partial charge is 0.335 e. The fourth-order valence-corrected chi connectivity index (χ4v) is 2.15. The van der Waals surface area contributed by atoms with Crippen molar-refractivity contribution in [1.29, 1.82) is 0 Å². The summed E-state index contributed by atoms with van der Waals surface area (Å²) in [6.45, 7) is 3.26. The van der Waals surface area contributed by atoms with Crippen molar-refractivity contribution in [2.75, 3.05) is 13.6 Å². The van der Waals surface area contributed by atoms with Crippen LogP contribution in [0.5, 0.6) is 0 Å². The molecule has 1 saturated heterocycles. The minimum absolute atomic E-state index is 0.0355. The predicted molar refractivity (Wildman–Crippen MR) is 64.3 cm³/mol. The molecule has 0 radical (unpaired) electrons. The van der Waals surface area contributed by atoms with Gasteiger partial charge in [0.1, 0.15) is 5.82 Å². The zero-order valence-electron chi connectivity index (χ0n) is 10.3. The number of likely N-dealkylation sites (tertiary alicyclic amines) is 1. The molecule has 17 heavy (non-hydrogen) atoms. The third-order valence-corrected chi connectivity index (χ3v) is 3.07. The van der Waals surface area contributed by atoms with E-state index in [1.807, 2.05) is 24.9 Å². The fraction of sp³-hybridized carbons (Fsp3) is 0.583. The Bertz CT molecular complexity index is 407. The van der Waals surface area contributed by atoms with E-state index in [4.69, 9.17) is 0 Å². The van der Waals surface area contributed by atoms with E-state index in [2.05, 4.69) is 15.3 Å². The lowest BCUT2D eigenvalue weighted by molar-refractivity contribution is -0.136. The van der Waals surface area contributed by atoms with Gasteiger partial charge in [-0.05, 0) is 32.9 Å². The maximum Gasteiger partial charge on any atom is 0.240 e. The number of piperidine rings is 1. The molecule has 0 aliphatic carbocycles. The molecule has 0 spiro atoms. The molecule has 92 valence electrons. The summed E-state index contributed by atoms with van der Waals surface area (Å²) in [7, 11) is 1.83. The Labute approximate surface area is 101 Å². The fourth-order valence-electron chi connectivity index (χ4n) is 2.15. The van der Waals surface area contributed by atoms with Crippen molar-refractivity contribution in [3.05, 3.63) is 23.8 Å². The number of aryl methyl sites for hydroxylation is 1. The second-order valence-corrected chi connectivity index (χ2v) is 4.34. The Morgan fingerprint density at radius 3 is 3.12 bits per heavy atom. The van der Waals surface area contributed by atoms with Crippen molar-refractivity contribution in [2.24, 2.45) is 0 Å². The average molecular weight is 234 g/mol. The van der Waals surface area contributed by atoms with E-state index in [9.17, 15) is 4.79 Å². The van der Waals surface area contributed by atoms with Crippen LogP contribution in [-0.2, 0) is 11.3 Å². The van der Waals surface area contributed by atoms with Crippen LogP contribution in [0.15, 0.2) is 12.3 Å². The van der Waals surface area contributed by atoms with Gasteiger partial charge in [0.15, 0.2) is 0 Å². The topological polar surface area (TPSA) is 58.1 Å². The lowest BCUT2D eigenvalue weighted by Gasteiger charge is -2.31. The van der Waals surface area contributed by atoms with Gasteiger partial charge < -0.3 is 10.2 Å². The number of likely N-dealkylation sites (N-methyl/N-ethyl adjacent to an activating group) is 1. The second kappa shape index (κ2) is 5.23. The highest BCUT2D eigenvalue weighted by Crippen LogP contribution is 2.13. The van der Waals surface area contributed by atoms with Crippen molar-refractivity contribution in [2.45, 2.75) is 32.4 Å². The Hall–Kier alpha value is -1.49. The molecule has 0 saturated carbocycles. The number of nitrogens with zero attached hydrogens (tertiary/aromatic N) is 3. The van der Waals surface area contributed by atoms with Crippen LogP contribution in [0.3, 0.4) is 0 Å². The SMILES string of the molecule is CNC1CCCN(Cc2ccnc(C)n2)C1=O. The molecule has 2 rings (SSSR count). The summed E-state index contributed by atoms with van der Waals surface area (Å²) >= 11 is 0. The second-order valence-electron chi connectivity index (χ2n) is 4.34. The molecule has 5 heteroatoms. The van der Waals surface area contributed by atoms with E-state index < -0.39 is 0 Å².